The molecule has 2 aromatic rings. The Bertz CT molecular complexity index is 428. The summed E-state index contributed by atoms with van der Waals surface area (Å²) in [5, 5.41) is 13.5. The second-order valence-electron chi connectivity index (χ2n) is 3.02. The fourth-order valence-corrected chi connectivity index (χ4v) is 1.55. The van der Waals surface area contributed by atoms with Gasteiger partial charge in [0.05, 0.1) is 15.0 Å². The van der Waals surface area contributed by atoms with Gasteiger partial charge in [0, 0.05) is 6.20 Å². The Kier molecular flexibility index (Phi) is 2.45. The van der Waals surface area contributed by atoms with Crippen molar-refractivity contribution < 1.29 is 5.11 Å². The summed E-state index contributed by atoms with van der Waals surface area (Å²) >= 11 is 2.25. The molecule has 1 aromatic heterocycles. The average Bonchev–Trinajstić information content (AvgIpc) is 2.48. The van der Waals surface area contributed by atoms with Crippen LogP contribution < -0.4 is 0 Å². The molecule has 1 N–H and O–H groups in total. The zero-order valence-electron chi connectivity index (χ0n) is 7.61. The molecule has 0 saturated heterocycles. The van der Waals surface area contributed by atoms with Crippen LogP contribution in [0.1, 0.15) is 5.69 Å². The lowest BCUT2D eigenvalue weighted by atomic mass is 10.3. The molecule has 0 saturated carbocycles. The summed E-state index contributed by atoms with van der Waals surface area (Å²) in [6, 6.07) is 6.97. The summed E-state index contributed by atoms with van der Waals surface area (Å²) in [5.74, 6) is 0.271. The Morgan fingerprint density at radius 2 is 1.93 bits per heavy atom. The molecule has 0 aliphatic rings. The summed E-state index contributed by atoms with van der Waals surface area (Å²) < 4.78 is 2.94. The van der Waals surface area contributed by atoms with Crippen LogP contribution in [0, 0.1) is 10.5 Å². The van der Waals surface area contributed by atoms with E-state index < -0.39 is 0 Å². The monoisotopic (exact) mass is 300 g/mol. The maximum absolute atomic E-state index is 9.13. The van der Waals surface area contributed by atoms with Crippen molar-refractivity contribution >= 4 is 22.6 Å². The number of hydrogen-bond acceptors (Lipinski definition) is 2. The molecule has 72 valence electrons. The van der Waals surface area contributed by atoms with Crippen LogP contribution in [-0.2, 0) is 0 Å². The number of phenols is 1. The van der Waals surface area contributed by atoms with Gasteiger partial charge in [0.25, 0.3) is 0 Å². The van der Waals surface area contributed by atoms with Gasteiger partial charge in [0.1, 0.15) is 5.75 Å². The Morgan fingerprint density at radius 1 is 1.29 bits per heavy atom. The predicted molar refractivity (Wildman–Crippen MR) is 62.7 cm³/mol. The van der Waals surface area contributed by atoms with Gasteiger partial charge in [-0.05, 0) is 53.8 Å². The molecule has 0 fully saturated rings. The molecule has 0 amide bonds. The van der Waals surface area contributed by atoms with Crippen LogP contribution in [-0.4, -0.2) is 14.9 Å². The molecule has 4 heteroatoms. The second kappa shape index (κ2) is 3.61. The number of rotatable bonds is 1. The third-order valence-electron chi connectivity index (χ3n) is 1.95. The smallest absolute Gasteiger partial charge is 0.115 e. The van der Waals surface area contributed by atoms with Crippen molar-refractivity contribution in [2.24, 2.45) is 0 Å². The number of aromatic nitrogens is 2. The third kappa shape index (κ3) is 1.75. The summed E-state index contributed by atoms with van der Waals surface area (Å²) in [5.41, 5.74) is 1.97. The number of halogens is 1. The van der Waals surface area contributed by atoms with Crippen molar-refractivity contribution in [3.63, 3.8) is 0 Å². The van der Waals surface area contributed by atoms with Crippen molar-refractivity contribution in [1.29, 1.82) is 0 Å². The van der Waals surface area contributed by atoms with Gasteiger partial charge >= 0.3 is 0 Å². The molecule has 0 aliphatic heterocycles. The molecule has 0 bridgehead atoms. The van der Waals surface area contributed by atoms with E-state index in [1.54, 1.807) is 16.8 Å². The molecule has 2 rings (SSSR count). The van der Waals surface area contributed by atoms with Gasteiger partial charge in [0.15, 0.2) is 0 Å². The standard InChI is InChI=1S/C10H9IN2O/c1-7-10(11)6-13(12-7)8-2-4-9(14)5-3-8/h2-6,14H,1H3. The lowest BCUT2D eigenvalue weighted by Gasteiger charge is -2.00. The minimum atomic E-state index is 0.271. The maximum Gasteiger partial charge on any atom is 0.115 e. The first-order valence-corrected chi connectivity index (χ1v) is 5.26. The van der Waals surface area contributed by atoms with Crippen LogP contribution in [0.2, 0.25) is 0 Å². The molecule has 3 nitrogen and oxygen atoms in total. The Hall–Kier alpha value is -1.04. The van der Waals surface area contributed by atoms with E-state index in [2.05, 4.69) is 27.7 Å². The molecule has 0 unspecified atom stereocenters. The predicted octanol–water partition coefficient (Wildman–Crippen LogP) is 2.49. The number of aromatic hydroxyl groups is 1. The molecular formula is C10H9IN2O. The molecule has 0 radical (unpaired) electrons. The minimum Gasteiger partial charge on any atom is -0.508 e. The van der Waals surface area contributed by atoms with E-state index >= 15 is 0 Å². The van der Waals surface area contributed by atoms with Crippen LogP contribution in [0.15, 0.2) is 30.5 Å². The largest absolute Gasteiger partial charge is 0.508 e. The molecule has 0 atom stereocenters. The van der Waals surface area contributed by atoms with Crippen molar-refractivity contribution in [2.45, 2.75) is 6.92 Å². The van der Waals surface area contributed by atoms with Crippen molar-refractivity contribution in [3.8, 4) is 11.4 Å². The third-order valence-corrected chi connectivity index (χ3v) is 3.01. The highest BCUT2D eigenvalue weighted by atomic mass is 127. The quantitative estimate of drug-likeness (QED) is 0.822. The van der Waals surface area contributed by atoms with E-state index in [1.807, 2.05) is 25.3 Å². The number of benzene rings is 1. The van der Waals surface area contributed by atoms with E-state index in [0.29, 0.717) is 0 Å². The molecule has 1 heterocycles. The van der Waals surface area contributed by atoms with Crippen LogP contribution in [0.3, 0.4) is 0 Å². The van der Waals surface area contributed by atoms with Crippen molar-refractivity contribution in [1.82, 2.24) is 9.78 Å². The zero-order valence-corrected chi connectivity index (χ0v) is 9.76. The lowest BCUT2D eigenvalue weighted by molar-refractivity contribution is 0.475. The molecule has 0 spiro atoms. The fraction of sp³-hybridized carbons (Fsp3) is 0.100. The SMILES string of the molecule is Cc1nn(-c2ccc(O)cc2)cc1I. The van der Waals surface area contributed by atoms with Gasteiger partial charge in [-0.3, -0.25) is 0 Å². The summed E-state index contributed by atoms with van der Waals surface area (Å²) in [6.45, 7) is 1.97. The highest BCUT2D eigenvalue weighted by Gasteiger charge is 2.02. The molecule has 14 heavy (non-hydrogen) atoms. The summed E-state index contributed by atoms with van der Waals surface area (Å²) in [6.07, 6.45) is 1.96. The highest BCUT2D eigenvalue weighted by Crippen LogP contribution is 2.16. The number of hydrogen-bond donors (Lipinski definition) is 1. The maximum atomic E-state index is 9.13. The van der Waals surface area contributed by atoms with Crippen LogP contribution >= 0.6 is 22.6 Å². The van der Waals surface area contributed by atoms with E-state index in [9.17, 15) is 0 Å². The summed E-state index contributed by atoms with van der Waals surface area (Å²) in [4.78, 5) is 0. The second-order valence-corrected chi connectivity index (χ2v) is 4.19. The van der Waals surface area contributed by atoms with Crippen LogP contribution in [0.4, 0.5) is 0 Å². The first-order valence-electron chi connectivity index (χ1n) is 4.18. The van der Waals surface area contributed by atoms with Gasteiger partial charge in [-0.25, -0.2) is 4.68 Å². The Balaban J connectivity index is 2.44. The van der Waals surface area contributed by atoms with E-state index in [0.717, 1.165) is 15.0 Å². The van der Waals surface area contributed by atoms with E-state index in [-0.39, 0.29) is 5.75 Å². The van der Waals surface area contributed by atoms with Crippen LogP contribution in [0.25, 0.3) is 5.69 Å². The van der Waals surface area contributed by atoms with Crippen LogP contribution in [0.5, 0.6) is 5.75 Å². The minimum absolute atomic E-state index is 0.271. The Labute approximate surface area is 95.5 Å². The average molecular weight is 300 g/mol. The summed E-state index contributed by atoms with van der Waals surface area (Å²) in [7, 11) is 0. The van der Waals surface area contributed by atoms with Gasteiger partial charge in [-0.15, -0.1) is 0 Å². The molecular weight excluding hydrogens is 291 g/mol. The van der Waals surface area contributed by atoms with Gasteiger partial charge in [-0.2, -0.15) is 5.10 Å². The zero-order chi connectivity index (χ0) is 10.1. The number of phenolic OH excluding ortho intramolecular Hbond substituents is 1. The van der Waals surface area contributed by atoms with Gasteiger partial charge < -0.3 is 5.11 Å². The number of aryl methyl sites for hydroxylation is 1. The topological polar surface area (TPSA) is 38.0 Å². The first kappa shape index (κ1) is 9.51. The van der Waals surface area contributed by atoms with E-state index in [1.165, 1.54) is 0 Å². The van der Waals surface area contributed by atoms with Gasteiger partial charge in [0.2, 0.25) is 0 Å². The Morgan fingerprint density at radius 3 is 2.43 bits per heavy atom. The van der Waals surface area contributed by atoms with Crippen molar-refractivity contribution in [3.05, 3.63) is 39.7 Å². The van der Waals surface area contributed by atoms with Gasteiger partial charge in [-0.1, -0.05) is 0 Å². The fourth-order valence-electron chi connectivity index (χ4n) is 1.18. The normalized spacial score (nSPS) is 10.4. The molecule has 1 aromatic carbocycles. The molecule has 0 aliphatic carbocycles. The number of nitrogens with zero attached hydrogens (tertiary/aromatic N) is 2. The van der Waals surface area contributed by atoms with Crippen molar-refractivity contribution in [2.75, 3.05) is 0 Å². The lowest BCUT2D eigenvalue weighted by Crippen LogP contribution is -1.93. The van der Waals surface area contributed by atoms with E-state index in [4.69, 9.17) is 5.11 Å². The first-order chi connectivity index (χ1) is 6.66. The highest BCUT2D eigenvalue weighted by molar-refractivity contribution is 14.1.